The number of esters is 1. The van der Waals surface area contributed by atoms with Crippen molar-refractivity contribution in [2.75, 3.05) is 7.11 Å². The molecule has 8 heteroatoms. The molecule has 0 bridgehead atoms. The van der Waals surface area contributed by atoms with Crippen molar-refractivity contribution in [3.05, 3.63) is 38.4 Å². The van der Waals surface area contributed by atoms with Gasteiger partial charge in [-0.1, -0.05) is 11.6 Å². The Bertz CT molecular complexity index is 512. The number of methoxy groups -OCH3 is 1. The van der Waals surface area contributed by atoms with Crippen LogP contribution < -0.4 is 0 Å². The van der Waals surface area contributed by atoms with E-state index in [0.717, 1.165) is 6.07 Å². The Morgan fingerprint density at radius 1 is 1.37 bits per heavy atom. The maximum atomic E-state index is 11.2. The Morgan fingerprint density at radius 2 is 1.84 bits per heavy atom. The number of benzene rings is 1. The van der Waals surface area contributed by atoms with Gasteiger partial charge in [-0.05, 0) is 24.6 Å². The molecule has 0 atom stereocenters. The lowest BCUT2D eigenvalue weighted by atomic mass is 10.1. The molecule has 0 aromatic heterocycles. The minimum absolute atomic E-state index is 0.00327. The zero-order chi connectivity index (χ0) is 15.2. The molecule has 0 fully saturated rings. The van der Waals surface area contributed by atoms with Gasteiger partial charge in [0.15, 0.2) is 0 Å². The first-order chi connectivity index (χ1) is 8.70. The van der Waals surface area contributed by atoms with Gasteiger partial charge in [0, 0.05) is 18.6 Å². The van der Waals surface area contributed by atoms with E-state index in [1.165, 1.54) is 20.1 Å². The van der Waals surface area contributed by atoms with Crippen LogP contribution >= 0.6 is 23.2 Å². The highest BCUT2D eigenvalue weighted by molar-refractivity contribution is 6.62. The molecule has 0 saturated carbocycles. The van der Waals surface area contributed by atoms with Crippen LogP contribution in [0, 0.1) is 17.0 Å². The maximum Gasteiger partial charge on any atom is 0.339 e. The summed E-state index contributed by atoms with van der Waals surface area (Å²) in [6.07, 6.45) is 0. The van der Waals surface area contributed by atoms with Gasteiger partial charge < -0.3 is 4.74 Å². The average Bonchev–Trinajstić information content (AvgIpc) is 2.26. The van der Waals surface area contributed by atoms with E-state index in [-0.39, 0.29) is 21.5 Å². The number of rotatable bonds is 2. The third kappa shape index (κ3) is 5.67. The lowest BCUT2D eigenvalue weighted by Crippen LogP contribution is -2.04. The van der Waals surface area contributed by atoms with Crippen LogP contribution in [0.3, 0.4) is 0 Å². The predicted octanol–water partition coefficient (Wildman–Crippen LogP) is 3.11. The fourth-order valence-corrected chi connectivity index (χ4v) is 1.42. The summed E-state index contributed by atoms with van der Waals surface area (Å²) < 4.78 is 4.45. The van der Waals surface area contributed by atoms with Crippen molar-refractivity contribution < 1.29 is 19.2 Å². The third-order valence-electron chi connectivity index (χ3n) is 1.89. The van der Waals surface area contributed by atoms with E-state index in [1.807, 2.05) is 0 Å². The largest absolute Gasteiger partial charge is 0.465 e. The number of carbonyl (C=O) groups excluding carboxylic acids is 2. The molecule has 0 heterocycles. The van der Waals surface area contributed by atoms with E-state index in [2.05, 4.69) is 16.3 Å². The summed E-state index contributed by atoms with van der Waals surface area (Å²) in [5, 5.41) is 10.4. The first-order valence-electron chi connectivity index (χ1n) is 4.89. The minimum Gasteiger partial charge on any atom is -0.465 e. The minimum atomic E-state index is -0.692. The summed E-state index contributed by atoms with van der Waals surface area (Å²) in [5.74, 6) is -0.692. The van der Waals surface area contributed by atoms with E-state index in [1.54, 1.807) is 6.92 Å². The van der Waals surface area contributed by atoms with Gasteiger partial charge in [-0.3, -0.25) is 14.9 Å². The molecule has 0 aliphatic rings. The Balaban J connectivity index is 0.000000711. The zero-order valence-electron chi connectivity index (χ0n) is 10.4. The van der Waals surface area contributed by atoms with Crippen LogP contribution in [0.25, 0.3) is 0 Å². The summed E-state index contributed by atoms with van der Waals surface area (Å²) in [4.78, 5) is 30.4. The summed E-state index contributed by atoms with van der Waals surface area (Å²) in [6.45, 7) is 2.84. The van der Waals surface area contributed by atoms with Gasteiger partial charge in [0.2, 0.25) is 5.24 Å². The lowest BCUT2D eigenvalue weighted by molar-refractivity contribution is -0.385. The van der Waals surface area contributed by atoms with Crippen molar-refractivity contribution in [1.29, 1.82) is 0 Å². The number of aryl methyl sites for hydroxylation is 1. The third-order valence-corrected chi connectivity index (χ3v) is 2.20. The molecule has 19 heavy (non-hydrogen) atoms. The molecule has 1 rings (SSSR count). The molecule has 0 unspecified atom stereocenters. The van der Waals surface area contributed by atoms with Gasteiger partial charge >= 0.3 is 5.97 Å². The molecule has 0 radical (unpaired) electrons. The monoisotopic (exact) mass is 307 g/mol. The second-order valence-electron chi connectivity index (χ2n) is 3.34. The van der Waals surface area contributed by atoms with Crippen LogP contribution in [0.5, 0.6) is 0 Å². The highest BCUT2D eigenvalue weighted by atomic mass is 35.5. The molecule has 6 nitrogen and oxygen atoms in total. The standard InChI is InChI=1S/C9H8ClNO4.C2H3ClO/c1-5-3-7(10)6(9(12)15-2)4-8(5)11(13)14;1-2(3)4/h3-4H,1-2H3;1H3. The summed E-state index contributed by atoms with van der Waals surface area (Å²) in [7, 11) is 1.18. The lowest BCUT2D eigenvalue weighted by Gasteiger charge is -2.03. The van der Waals surface area contributed by atoms with Gasteiger partial charge in [-0.25, -0.2) is 4.79 Å². The number of hydrogen-bond acceptors (Lipinski definition) is 5. The molecular weight excluding hydrogens is 297 g/mol. The molecular formula is C11H11Cl2NO5. The summed E-state index contributed by atoms with van der Waals surface area (Å²) in [5.41, 5.74) is 0.244. The van der Waals surface area contributed by atoms with Gasteiger partial charge in [0.1, 0.15) is 0 Å². The van der Waals surface area contributed by atoms with E-state index < -0.39 is 10.9 Å². The van der Waals surface area contributed by atoms with Crippen LogP contribution in [-0.2, 0) is 9.53 Å². The Hall–Kier alpha value is -1.66. The highest BCUT2D eigenvalue weighted by Gasteiger charge is 2.19. The number of hydrogen-bond donors (Lipinski definition) is 0. The normalized spacial score (nSPS) is 9.11. The first kappa shape index (κ1) is 17.3. The molecule has 0 spiro atoms. The predicted molar refractivity (Wildman–Crippen MR) is 70.7 cm³/mol. The SMILES string of the molecule is CC(=O)Cl.COC(=O)c1cc([N+](=O)[O-])c(C)cc1Cl. The Morgan fingerprint density at radius 3 is 2.21 bits per heavy atom. The van der Waals surface area contributed by atoms with Crippen molar-refractivity contribution in [1.82, 2.24) is 0 Å². The Labute approximate surface area is 119 Å². The number of nitro benzene ring substituents is 1. The summed E-state index contributed by atoms with van der Waals surface area (Å²) in [6, 6.07) is 2.48. The number of nitrogens with zero attached hydrogens (tertiary/aromatic N) is 1. The maximum absolute atomic E-state index is 11.2. The van der Waals surface area contributed by atoms with Gasteiger partial charge in [0.05, 0.1) is 22.6 Å². The zero-order valence-corrected chi connectivity index (χ0v) is 11.9. The van der Waals surface area contributed by atoms with Crippen molar-refractivity contribution in [3.8, 4) is 0 Å². The Kier molecular flexibility index (Phi) is 7.03. The van der Waals surface area contributed by atoms with Gasteiger partial charge in [0.25, 0.3) is 5.69 Å². The molecule has 1 aromatic carbocycles. The first-order valence-corrected chi connectivity index (χ1v) is 5.65. The molecule has 1 aromatic rings. The van der Waals surface area contributed by atoms with Crippen LogP contribution in [0.15, 0.2) is 12.1 Å². The van der Waals surface area contributed by atoms with Crippen molar-refractivity contribution in [2.24, 2.45) is 0 Å². The molecule has 104 valence electrons. The van der Waals surface area contributed by atoms with Crippen LogP contribution in [0.4, 0.5) is 5.69 Å². The number of ether oxygens (including phenoxy) is 1. The molecule has 0 amide bonds. The highest BCUT2D eigenvalue weighted by Crippen LogP contribution is 2.26. The van der Waals surface area contributed by atoms with E-state index in [9.17, 15) is 19.7 Å². The van der Waals surface area contributed by atoms with Crippen LogP contribution in [0.1, 0.15) is 22.8 Å². The van der Waals surface area contributed by atoms with Crippen LogP contribution in [0.2, 0.25) is 5.02 Å². The van der Waals surface area contributed by atoms with Gasteiger partial charge in [-0.15, -0.1) is 0 Å². The smallest absolute Gasteiger partial charge is 0.339 e. The van der Waals surface area contributed by atoms with Crippen molar-refractivity contribution in [3.63, 3.8) is 0 Å². The van der Waals surface area contributed by atoms with E-state index >= 15 is 0 Å². The van der Waals surface area contributed by atoms with E-state index in [4.69, 9.17) is 11.6 Å². The quantitative estimate of drug-likeness (QED) is 0.362. The molecule has 0 aliphatic heterocycles. The van der Waals surface area contributed by atoms with Gasteiger partial charge in [-0.2, -0.15) is 0 Å². The number of nitro groups is 1. The second kappa shape index (κ2) is 7.70. The van der Waals surface area contributed by atoms with Crippen molar-refractivity contribution >= 4 is 40.1 Å². The summed E-state index contributed by atoms with van der Waals surface area (Å²) >= 11 is 10.4. The molecule has 0 saturated heterocycles. The average molecular weight is 308 g/mol. The fourth-order valence-electron chi connectivity index (χ4n) is 1.12. The number of carbonyl (C=O) groups is 2. The number of halogens is 2. The van der Waals surface area contributed by atoms with Crippen molar-refractivity contribution in [2.45, 2.75) is 13.8 Å². The topological polar surface area (TPSA) is 86.5 Å². The fraction of sp³-hybridized carbons (Fsp3) is 0.273. The van der Waals surface area contributed by atoms with Crippen LogP contribution in [-0.4, -0.2) is 23.2 Å². The molecule has 0 aliphatic carbocycles. The second-order valence-corrected chi connectivity index (χ2v) is 4.28. The molecule has 0 N–H and O–H groups in total. The van der Waals surface area contributed by atoms with E-state index in [0.29, 0.717) is 5.56 Å².